The Bertz CT molecular complexity index is 704. The Balaban J connectivity index is 1.53. The molecule has 1 aliphatic heterocycles. The van der Waals surface area contributed by atoms with Crippen LogP contribution in [-0.2, 0) is 4.79 Å². The number of carbonyl (C=O) groups excluding carboxylic acids is 1. The van der Waals surface area contributed by atoms with Gasteiger partial charge >= 0.3 is 0 Å². The highest BCUT2D eigenvalue weighted by molar-refractivity contribution is 7.98. The Kier molecular flexibility index (Phi) is 5.27. The number of aliphatic hydroxyl groups excluding tert-OH is 1. The number of nitrogens with one attached hydrogen (secondary N) is 1. The first-order chi connectivity index (χ1) is 11.7. The van der Waals surface area contributed by atoms with Gasteiger partial charge in [0.25, 0.3) is 5.91 Å². The summed E-state index contributed by atoms with van der Waals surface area (Å²) >= 11 is 1.64. The van der Waals surface area contributed by atoms with Gasteiger partial charge in [0.1, 0.15) is 6.61 Å². The van der Waals surface area contributed by atoms with Crippen LogP contribution in [0, 0.1) is 0 Å². The number of ether oxygens (including phenoxy) is 2. The molecule has 2 aromatic carbocycles. The summed E-state index contributed by atoms with van der Waals surface area (Å²) in [4.78, 5) is 13.3. The van der Waals surface area contributed by atoms with E-state index in [1.165, 1.54) is 0 Å². The minimum Gasteiger partial charge on any atom is -0.485 e. The molecule has 1 amide bonds. The van der Waals surface area contributed by atoms with Crippen LogP contribution < -0.4 is 14.8 Å². The number of hydrogen-bond donors (Lipinski definition) is 2. The second-order valence-electron chi connectivity index (χ2n) is 5.40. The van der Waals surface area contributed by atoms with E-state index in [2.05, 4.69) is 5.32 Å². The molecule has 1 heterocycles. The van der Waals surface area contributed by atoms with Gasteiger partial charge in [0.15, 0.2) is 11.5 Å². The third-order valence-corrected chi connectivity index (χ3v) is 4.51. The number of rotatable bonds is 5. The van der Waals surface area contributed by atoms with Crippen molar-refractivity contribution in [1.29, 1.82) is 0 Å². The van der Waals surface area contributed by atoms with E-state index >= 15 is 0 Å². The van der Waals surface area contributed by atoms with E-state index in [0.29, 0.717) is 11.5 Å². The fourth-order valence-corrected chi connectivity index (χ4v) is 2.81. The van der Waals surface area contributed by atoms with Crippen LogP contribution in [0.1, 0.15) is 11.7 Å². The summed E-state index contributed by atoms with van der Waals surface area (Å²) in [5.41, 5.74) is 0.763. The summed E-state index contributed by atoms with van der Waals surface area (Å²) in [6, 6.07) is 14.8. The molecular formula is C18H19NO4S. The number of thioether (sulfide) groups is 1. The Labute approximate surface area is 145 Å². The maximum atomic E-state index is 12.2. The zero-order chi connectivity index (χ0) is 16.9. The van der Waals surface area contributed by atoms with Crippen LogP contribution in [0.5, 0.6) is 11.5 Å². The lowest BCUT2D eigenvalue weighted by Crippen LogP contribution is -2.45. The van der Waals surface area contributed by atoms with Crippen molar-refractivity contribution < 1.29 is 19.4 Å². The number of amides is 1. The first-order valence-electron chi connectivity index (χ1n) is 7.65. The molecule has 2 atom stereocenters. The summed E-state index contributed by atoms with van der Waals surface area (Å²) in [5, 5.41) is 12.9. The number of carbonyl (C=O) groups is 1. The minimum atomic E-state index is -0.762. The summed E-state index contributed by atoms with van der Waals surface area (Å²) in [5.74, 6) is 0.886. The summed E-state index contributed by atoms with van der Waals surface area (Å²) in [6.07, 6.45) is 0.517. The molecule has 5 nitrogen and oxygen atoms in total. The first kappa shape index (κ1) is 16.7. The number of para-hydroxylation sites is 2. The average Bonchev–Trinajstić information content (AvgIpc) is 2.65. The minimum absolute atomic E-state index is 0.124. The van der Waals surface area contributed by atoms with E-state index in [-0.39, 0.29) is 19.1 Å². The van der Waals surface area contributed by atoms with Gasteiger partial charge in [-0.15, -0.1) is 11.8 Å². The molecule has 0 bridgehead atoms. The van der Waals surface area contributed by atoms with Crippen LogP contribution in [0.3, 0.4) is 0 Å². The van der Waals surface area contributed by atoms with Gasteiger partial charge in [0, 0.05) is 11.4 Å². The lowest BCUT2D eigenvalue weighted by atomic mass is 10.1. The number of aliphatic hydroxyl groups is 1. The molecule has 2 aromatic rings. The average molecular weight is 345 g/mol. The molecule has 0 saturated heterocycles. The smallest absolute Gasteiger partial charge is 0.264 e. The molecule has 0 aromatic heterocycles. The monoisotopic (exact) mass is 345 g/mol. The number of hydrogen-bond acceptors (Lipinski definition) is 5. The molecular weight excluding hydrogens is 326 g/mol. The molecule has 24 heavy (non-hydrogen) atoms. The van der Waals surface area contributed by atoms with Crippen LogP contribution in [-0.4, -0.2) is 36.5 Å². The molecule has 0 aliphatic carbocycles. The molecule has 3 rings (SSSR count). The fourth-order valence-electron chi connectivity index (χ4n) is 2.40. The van der Waals surface area contributed by atoms with Gasteiger partial charge in [-0.05, 0) is 36.1 Å². The van der Waals surface area contributed by atoms with E-state index in [4.69, 9.17) is 9.47 Å². The van der Waals surface area contributed by atoms with Crippen LogP contribution in [0.2, 0.25) is 0 Å². The highest BCUT2D eigenvalue weighted by Gasteiger charge is 2.27. The van der Waals surface area contributed by atoms with Crippen LogP contribution >= 0.6 is 11.8 Å². The normalized spacial score (nSPS) is 17.2. The molecule has 126 valence electrons. The lowest BCUT2D eigenvalue weighted by molar-refractivity contribution is -0.130. The van der Waals surface area contributed by atoms with E-state index in [9.17, 15) is 9.90 Å². The number of benzene rings is 2. The second kappa shape index (κ2) is 7.59. The highest BCUT2D eigenvalue weighted by atomic mass is 32.2. The topological polar surface area (TPSA) is 67.8 Å². The molecule has 0 fully saturated rings. The third kappa shape index (κ3) is 3.83. The first-order valence-corrected chi connectivity index (χ1v) is 8.88. The Hall–Kier alpha value is -2.18. The Morgan fingerprint density at radius 2 is 1.96 bits per heavy atom. The maximum absolute atomic E-state index is 12.2. The van der Waals surface area contributed by atoms with E-state index < -0.39 is 12.2 Å². The highest BCUT2D eigenvalue weighted by Crippen LogP contribution is 2.30. The standard InChI is InChI=1S/C18H19NO4S/c1-24-13-8-6-12(7-9-13)14(20)10-19-18(21)17-11-22-15-4-2-3-5-16(15)23-17/h2-9,14,17,20H,10-11H2,1H3,(H,19,21)/t14-,17-/m0/s1. The van der Waals surface area contributed by atoms with Crippen molar-refractivity contribution in [2.45, 2.75) is 17.1 Å². The SMILES string of the molecule is CSc1ccc([C@@H](O)CNC(=O)[C@@H]2COc3ccccc3O2)cc1. The molecule has 2 N–H and O–H groups in total. The van der Waals surface area contributed by atoms with Gasteiger partial charge in [-0.25, -0.2) is 0 Å². The van der Waals surface area contributed by atoms with Gasteiger partial charge in [-0.2, -0.15) is 0 Å². The van der Waals surface area contributed by atoms with E-state index in [0.717, 1.165) is 10.5 Å². The predicted octanol–water partition coefficient (Wildman–Crippen LogP) is 2.40. The van der Waals surface area contributed by atoms with Crippen molar-refractivity contribution >= 4 is 17.7 Å². The lowest BCUT2D eigenvalue weighted by Gasteiger charge is -2.26. The van der Waals surface area contributed by atoms with Crippen molar-refractivity contribution in [3.05, 3.63) is 54.1 Å². The quantitative estimate of drug-likeness (QED) is 0.815. The van der Waals surface area contributed by atoms with Gasteiger partial charge in [-0.1, -0.05) is 24.3 Å². The fraction of sp³-hybridized carbons (Fsp3) is 0.278. The Morgan fingerprint density at radius 3 is 2.67 bits per heavy atom. The molecule has 0 unspecified atom stereocenters. The van der Waals surface area contributed by atoms with Crippen molar-refractivity contribution in [1.82, 2.24) is 5.32 Å². The van der Waals surface area contributed by atoms with E-state index in [1.54, 1.807) is 23.9 Å². The predicted molar refractivity (Wildman–Crippen MR) is 92.5 cm³/mol. The summed E-state index contributed by atoms with van der Waals surface area (Å²) in [7, 11) is 0. The molecule has 0 radical (unpaired) electrons. The molecule has 6 heteroatoms. The van der Waals surface area contributed by atoms with Gasteiger partial charge < -0.3 is 19.9 Å². The number of fused-ring (bicyclic) bond motifs is 1. The van der Waals surface area contributed by atoms with Gasteiger partial charge in [-0.3, -0.25) is 4.79 Å². The van der Waals surface area contributed by atoms with Crippen molar-refractivity contribution in [3.63, 3.8) is 0 Å². The zero-order valence-corrected chi connectivity index (χ0v) is 14.1. The summed E-state index contributed by atoms with van der Waals surface area (Å²) < 4.78 is 11.2. The Morgan fingerprint density at radius 1 is 1.25 bits per heavy atom. The molecule has 1 aliphatic rings. The van der Waals surface area contributed by atoms with Crippen LogP contribution in [0.4, 0.5) is 0 Å². The summed E-state index contributed by atoms with van der Waals surface area (Å²) in [6.45, 7) is 0.278. The van der Waals surface area contributed by atoms with Crippen molar-refractivity contribution in [2.75, 3.05) is 19.4 Å². The largest absolute Gasteiger partial charge is 0.485 e. The van der Waals surface area contributed by atoms with Crippen LogP contribution in [0.25, 0.3) is 0 Å². The van der Waals surface area contributed by atoms with Crippen molar-refractivity contribution in [3.8, 4) is 11.5 Å². The van der Waals surface area contributed by atoms with Gasteiger partial charge in [0.2, 0.25) is 6.10 Å². The van der Waals surface area contributed by atoms with Gasteiger partial charge in [0.05, 0.1) is 6.10 Å². The molecule has 0 spiro atoms. The van der Waals surface area contributed by atoms with Crippen molar-refractivity contribution in [2.24, 2.45) is 0 Å². The van der Waals surface area contributed by atoms with E-state index in [1.807, 2.05) is 42.7 Å². The third-order valence-electron chi connectivity index (χ3n) is 3.77. The zero-order valence-electron chi connectivity index (χ0n) is 13.3. The maximum Gasteiger partial charge on any atom is 0.264 e. The second-order valence-corrected chi connectivity index (χ2v) is 6.28. The van der Waals surface area contributed by atoms with Crippen LogP contribution in [0.15, 0.2) is 53.4 Å². The molecule has 0 saturated carbocycles.